The van der Waals surface area contributed by atoms with E-state index in [1.807, 2.05) is 0 Å². The maximum atomic E-state index is 14.6. The van der Waals surface area contributed by atoms with Crippen molar-refractivity contribution in [2.45, 2.75) is 6.92 Å². The van der Waals surface area contributed by atoms with E-state index in [0.29, 0.717) is 0 Å². The number of nitrogens with zero attached hydrogens (tertiary/aromatic N) is 2. The second-order valence-corrected chi connectivity index (χ2v) is 6.06. The van der Waals surface area contributed by atoms with Gasteiger partial charge in [-0.15, -0.1) is 0 Å². The molecule has 0 unspecified atom stereocenters. The normalized spacial score (nSPS) is 10.7. The van der Waals surface area contributed by atoms with Gasteiger partial charge in [0.15, 0.2) is 0 Å². The third-order valence-corrected chi connectivity index (χ3v) is 4.09. The van der Waals surface area contributed by atoms with Crippen LogP contribution in [-0.2, 0) is 0 Å². The molecule has 2 aromatic carbocycles. The SMILES string of the molecule is COc1cc(F)c(-c2c(C)ncnc2Nc2c(N)cc(Cl)cc2F)c(F)c1. The maximum absolute atomic E-state index is 14.6. The zero-order valence-corrected chi connectivity index (χ0v) is 15.0. The van der Waals surface area contributed by atoms with Crippen LogP contribution in [0.4, 0.5) is 30.4 Å². The van der Waals surface area contributed by atoms with Crippen LogP contribution in [0.15, 0.2) is 30.6 Å². The molecule has 3 N–H and O–H groups in total. The summed E-state index contributed by atoms with van der Waals surface area (Å²) in [6, 6.07) is 4.47. The molecule has 0 fully saturated rings. The highest BCUT2D eigenvalue weighted by atomic mass is 35.5. The van der Waals surface area contributed by atoms with Crippen LogP contribution in [0.3, 0.4) is 0 Å². The summed E-state index contributed by atoms with van der Waals surface area (Å²) < 4.78 is 48.3. The summed E-state index contributed by atoms with van der Waals surface area (Å²) in [6.45, 7) is 1.55. The fourth-order valence-electron chi connectivity index (χ4n) is 2.62. The molecule has 0 atom stereocenters. The molecule has 0 saturated carbocycles. The molecule has 0 amide bonds. The number of aromatic nitrogens is 2. The minimum Gasteiger partial charge on any atom is -0.497 e. The van der Waals surface area contributed by atoms with Crippen molar-refractivity contribution in [3.63, 3.8) is 0 Å². The average Bonchev–Trinajstić information content (AvgIpc) is 2.59. The largest absolute Gasteiger partial charge is 0.497 e. The first-order valence-electron chi connectivity index (χ1n) is 7.68. The van der Waals surface area contributed by atoms with Gasteiger partial charge in [0.1, 0.15) is 35.3 Å². The van der Waals surface area contributed by atoms with E-state index >= 15 is 0 Å². The second kappa shape index (κ2) is 7.32. The first-order chi connectivity index (χ1) is 12.8. The second-order valence-electron chi connectivity index (χ2n) is 5.63. The van der Waals surface area contributed by atoms with Crippen molar-refractivity contribution in [3.8, 4) is 16.9 Å². The van der Waals surface area contributed by atoms with Crippen molar-refractivity contribution in [2.75, 3.05) is 18.2 Å². The summed E-state index contributed by atoms with van der Waals surface area (Å²) >= 11 is 5.76. The Morgan fingerprint density at radius 3 is 2.26 bits per heavy atom. The number of hydrogen-bond donors (Lipinski definition) is 2. The molecule has 9 heteroatoms. The molecule has 3 rings (SSSR count). The van der Waals surface area contributed by atoms with Crippen molar-refractivity contribution in [2.24, 2.45) is 0 Å². The van der Waals surface area contributed by atoms with Crippen LogP contribution in [0, 0.1) is 24.4 Å². The Hall–Kier alpha value is -3.00. The van der Waals surface area contributed by atoms with Crippen LogP contribution >= 0.6 is 11.6 Å². The maximum Gasteiger partial charge on any atom is 0.150 e. The molecule has 1 aromatic heterocycles. The summed E-state index contributed by atoms with van der Waals surface area (Å²) in [6.07, 6.45) is 1.19. The minimum atomic E-state index is -0.877. The summed E-state index contributed by atoms with van der Waals surface area (Å²) in [5.74, 6) is -2.49. The number of ether oxygens (including phenoxy) is 1. The van der Waals surface area contributed by atoms with Crippen LogP contribution in [0.1, 0.15) is 5.69 Å². The zero-order chi connectivity index (χ0) is 19.7. The first-order valence-corrected chi connectivity index (χ1v) is 8.06. The first kappa shape index (κ1) is 18.8. The molecule has 0 spiro atoms. The molecule has 0 saturated heterocycles. The molecular formula is C18H14ClF3N4O. The predicted molar refractivity (Wildman–Crippen MR) is 97.8 cm³/mol. The molecule has 140 valence electrons. The fourth-order valence-corrected chi connectivity index (χ4v) is 2.83. The van der Waals surface area contributed by atoms with E-state index in [1.54, 1.807) is 6.92 Å². The summed E-state index contributed by atoms with van der Waals surface area (Å²) in [4.78, 5) is 7.98. The molecule has 0 aliphatic rings. The van der Waals surface area contributed by atoms with Crippen molar-refractivity contribution in [1.82, 2.24) is 9.97 Å². The molecule has 0 aliphatic heterocycles. The van der Waals surface area contributed by atoms with Gasteiger partial charge in [0.25, 0.3) is 0 Å². The lowest BCUT2D eigenvalue weighted by Crippen LogP contribution is -2.06. The molecule has 3 aromatic rings. The Morgan fingerprint density at radius 1 is 1.00 bits per heavy atom. The highest BCUT2D eigenvalue weighted by molar-refractivity contribution is 6.31. The van der Waals surface area contributed by atoms with Gasteiger partial charge < -0.3 is 15.8 Å². The highest BCUT2D eigenvalue weighted by Crippen LogP contribution is 2.38. The van der Waals surface area contributed by atoms with Crippen LogP contribution in [0.25, 0.3) is 11.1 Å². The van der Waals surface area contributed by atoms with E-state index in [0.717, 1.165) is 18.2 Å². The molecule has 0 bridgehead atoms. The monoisotopic (exact) mass is 394 g/mol. The summed E-state index contributed by atoms with van der Waals surface area (Å²) in [5, 5.41) is 2.80. The zero-order valence-electron chi connectivity index (χ0n) is 14.3. The van der Waals surface area contributed by atoms with Gasteiger partial charge in [-0.25, -0.2) is 23.1 Å². The van der Waals surface area contributed by atoms with E-state index in [1.165, 1.54) is 19.5 Å². The van der Waals surface area contributed by atoms with E-state index in [9.17, 15) is 13.2 Å². The number of nitrogens with one attached hydrogen (secondary N) is 1. The topological polar surface area (TPSA) is 73.1 Å². The minimum absolute atomic E-state index is 0.0119. The van der Waals surface area contributed by atoms with Crippen LogP contribution < -0.4 is 15.8 Å². The predicted octanol–water partition coefficient (Wildman–Crippen LogP) is 4.86. The van der Waals surface area contributed by atoms with Crippen molar-refractivity contribution in [3.05, 3.63) is 58.8 Å². The van der Waals surface area contributed by atoms with E-state index < -0.39 is 17.5 Å². The Bertz CT molecular complexity index is 983. The number of nitrogens with two attached hydrogens (primary N) is 1. The molecule has 27 heavy (non-hydrogen) atoms. The van der Waals surface area contributed by atoms with E-state index in [2.05, 4.69) is 15.3 Å². The van der Waals surface area contributed by atoms with Gasteiger partial charge in [-0.1, -0.05) is 11.6 Å². The lowest BCUT2D eigenvalue weighted by atomic mass is 10.0. The molecule has 0 aliphatic carbocycles. The summed E-state index contributed by atoms with van der Waals surface area (Å²) in [7, 11) is 1.30. The standard InChI is InChI=1S/C18H14ClF3N4O/c1-8-15(16-11(20)5-10(27-2)6-12(16)21)18(25-7-24-8)26-17-13(22)3-9(19)4-14(17)23/h3-7H,23H2,1-2H3,(H,24,25,26). The highest BCUT2D eigenvalue weighted by Gasteiger charge is 2.22. The third kappa shape index (κ3) is 3.61. The van der Waals surface area contributed by atoms with Gasteiger partial charge in [-0.2, -0.15) is 0 Å². The molecule has 1 heterocycles. The van der Waals surface area contributed by atoms with Crippen LogP contribution in [-0.4, -0.2) is 17.1 Å². The van der Waals surface area contributed by atoms with Gasteiger partial charge in [-0.3, -0.25) is 0 Å². The molecular weight excluding hydrogens is 381 g/mol. The lowest BCUT2D eigenvalue weighted by Gasteiger charge is -2.16. The molecule has 0 radical (unpaired) electrons. The van der Waals surface area contributed by atoms with Gasteiger partial charge in [0.05, 0.1) is 35.3 Å². The van der Waals surface area contributed by atoms with Gasteiger partial charge in [0.2, 0.25) is 0 Å². The number of aryl methyl sites for hydroxylation is 1. The number of hydrogen-bond acceptors (Lipinski definition) is 5. The number of halogens is 4. The lowest BCUT2D eigenvalue weighted by molar-refractivity contribution is 0.407. The Kier molecular flexibility index (Phi) is 5.09. The van der Waals surface area contributed by atoms with Crippen molar-refractivity contribution in [1.29, 1.82) is 0 Å². The van der Waals surface area contributed by atoms with Gasteiger partial charge >= 0.3 is 0 Å². The number of rotatable bonds is 4. The Morgan fingerprint density at radius 2 is 1.67 bits per heavy atom. The summed E-state index contributed by atoms with van der Waals surface area (Å²) in [5.41, 5.74) is 5.64. The van der Waals surface area contributed by atoms with Gasteiger partial charge in [0, 0.05) is 17.2 Å². The fraction of sp³-hybridized carbons (Fsp3) is 0.111. The van der Waals surface area contributed by atoms with Crippen molar-refractivity contribution >= 4 is 28.8 Å². The number of anilines is 3. The number of nitrogen functional groups attached to an aromatic ring is 1. The van der Waals surface area contributed by atoms with Crippen LogP contribution in [0.5, 0.6) is 5.75 Å². The Labute approximate surface area is 158 Å². The van der Waals surface area contributed by atoms with Gasteiger partial charge in [-0.05, 0) is 19.1 Å². The average molecular weight is 395 g/mol. The smallest absolute Gasteiger partial charge is 0.150 e. The third-order valence-electron chi connectivity index (χ3n) is 3.87. The number of methoxy groups -OCH3 is 1. The van der Waals surface area contributed by atoms with E-state index in [4.69, 9.17) is 22.1 Å². The van der Waals surface area contributed by atoms with E-state index in [-0.39, 0.29) is 44.8 Å². The van der Waals surface area contributed by atoms with Crippen LogP contribution in [0.2, 0.25) is 5.02 Å². The molecule has 5 nitrogen and oxygen atoms in total. The number of benzene rings is 2. The quantitative estimate of drug-likeness (QED) is 0.618. The Balaban J connectivity index is 2.18. The van der Waals surface area contributed by atoms with Crippen molar-refractivity contribution < 1.29 is 17.9 Å².